The predicted molar refractivity (Wildman–Crippen MR) is 90.8 cm³/mol. The summed E-state index contributed by atoms with van der Waals surface area (Å²) in [6, 6.07) is 0. The Balaban J connectivity index is 2.24. The van der Waals surface area contributed by atoms with Gasteiger partial charge in [0.25, 0.3) is 0 Å². The SMILES string of the molecule is CCCCCC1CCC(C(=O)OC(C)C(C)OCCC)CC1. The Morgan fingerprint density at radius 2 is 1.68 bits per heavy atom. The molecule has 22 heavy (non-hydrogen) atoms. The second-order valence-electron chi connectivity index (χ2n) is 6.93. The van der Waals surface area contributed by atoms with Gasteiger partial charge in [0.1, 0.15) is 6.10 Å². The first kappa shape index (κ1) is 19.5. The van der Waals surface area contributed by atoms with Gasteiger partial charge in [-0.3, -0.25) is 4.79 Å². The fraction of sp³-hybridized carbons (Fsp3) is 0.947. The van der Waals surface area contributed by atoms with Crippen LogP contribution in [0.3, 0.4) is 0 Å². The van der Waals surface area contributed by atoms with Crippen LogP contribution in [0.4, 0.5) is 0 Å². The minimum atomic E-state index is -0.152. The van der Waals surface area contributed by atoms with Crippen LogP contribution in [0.15, 0.2) is 0 Å². The van der Waals surface area contributed by atoms with Crippen LogP contribution in [0.1, 0.15) is 85.5 Å². The van der Waals surface area contributed by atoms with E-state index in [1.807, 2.05) is 13.8 Å². The molecule has 0 N–H and O–H groups in total. The number of carbonyl (C=O) groups is 1. The van der Waals surface area contributed by atoms with E-state index < -0.39 is 0 Å². The van der Waals surface area contributed by atoms with Crippen LogP contribution in [0.25, 0.3) is 0 Å². The smallest absolute Gasteiger partial charge is 0.309 e. The Hall–Kier alpha value is -0.570. The van der Waals surface area contributed by atoms with Crippen LogP contribution in [0.2, 0.25) is 0 Å². The van der Waals surface area contributed by atoms with Gasteiger partial charge >= 0.3 is 5.97 Å². The molecule has 130 valence electrons. The third kappa shape index (κ3) is 7.13. The average Bonchev–Trinajstić information content (AvgIpc) is 2.53. The molecule has 0 spiro atoms. The van der Waals surface area contributed by atoms with E-state index in [-0.39, 0.29) is 24.1 Å². The molecular formula is C19H36O3. The lowest BCUT2D eigenvalue weighted by Gasteiger charge is -2.29. The van der Waals surface area contributed by atoms with Crippen molar-refractivity contribution in [2.45, 2.75) is 97.7 Å². The monoisotopic (exact) mass is 312 g/mol. The summed E-state index contributed by atoms with van der Waals surface area (Å²) in [6.07, 6.45) is 10.5. The fourth-order valence-electron chi connectivity index (χ4n) is 3.18. The summed E-state index contributed by atoms with van der Waals surface area (Å²) in [5, 5.41) is 0. The Morgan fingerprint density at radius 3 is 2.27 bits per heavy atom. The van der Waals surface area contributed by atoms with Gasteiger partial charge in [-0.1, -0.05) is 39.5 Å². The lowest BCUT2D eigenvalue weighted by molar-refractivity contribution is -0.161. The summed E-state index contributed by atoms with van der Waals surface area (Å²) in [6.45, 7) is 8.99. The molecule has 2 atom stereocenters. The summed E-state index contributed by atoms with van der Waals surface area (Å²) >= 11 is 0. The van der Waals surface area contributed by atoms with Crippen LogP contribution in [-0.2, 0) is 14.3 Å². The van der Waals surface area contributed by atoms with Crippen molar-refractivity contribution in [1.82, 2.24) is 0 Å². The Labute approximate surface area is 137 Å². The molecule has 1 fully saturated rings. The van der Waals surface area contributed by atoms with Crippen molar-refractivity contribution in [3.63, 3.8) is 0 Å². The molecular weight excluding hydrogens is 276 g/mol. The number of ether oxygens (including phenoxy) is 2. The van der Waals surface area contributed by atoms with Gasteiger partial charge in [-0.15, -0.1) is 0 Å². The van der Waals surface area contributed by atoms with E-state index in [9.17, 15) is 4.79 Å². The minimum absolute atomic E-state index is 0.00791. The van der Waals surface area contributed by atoms with Crippen molar-refractivity contribution in [1.29, 1.82) is 0 Å². The van der Waals surface area contributed by atoms with Gasteiger partial charge in [-0.05, 0) is 51.9 Å². The molecule has 3 heteroatoms. The van der Waals surface area contributed by atoms with E-state index >= 15 is 0 Å². The molecule has 2 unspecified atom stereocenters. The predicted octanol–water partition coefficient (Wildman–Crippen LogP) is 5.12. The molecule has 0 amide bonds. The molecule has 0 saturated heterocycles. The van der Waals surface area contributed by atoms with E-state index in [0.717, 1.165) is 31.8 Å². The molecule has 0 heterocycles. The van der Waals surface area contributed by atoms with Gasteiger partial charge in [-0.25, -0.2) is 0 Å². The number of esters is 1. The summed E-state index contributed by atoms with van der Waals surface area (Å²) in [7, 11) is 0. The van der Waals surface area contributed by atoms with Crippen molar-refractivity contribution < 1.29 is 14.3 Å². The zero-order chi connectivity index (χ0) is 16.4. The highest BCUT2D eigenvalue weighted by atomic mass is 16.6. The molecule has 0 aromatic rings. The topological polar surface area (TPSA) is 35.5 Å². The minimum Gasteiger partial charge on any atom is -0.460 e. The van der Waals surface area contributed by atoms with Gasteiger partial charge in [0, 0.05) is 6.61 Å². The van der Waals surface area contributed by atoms with E-state index in [4.69, 9.17) is 9.47 Å². The van der Waals surface area contributed by atoms with Crippen LogP contribution in [0, 0.1) is 11.8 Å². The van der Waals surface area contributed by atoms with Crippen LogP contribution in [0.5, 0.6) is 0 Å². The fourth-order valence-corrected chi connectivity index (χ4v) is 3.18. The molecule has 1 rings (SSSR count). The number of rotatable bonds is 10. The number of hydrogen-bond donors (Lipinski definition) is 0. The lowest BCUT2D eigenvalue weighted by Crippen LogP contribution is -2.33. The third-order valence-corrected chi connectivity index (χ3v) is 4.94. The maximum atomic E-state index is 12.3. The normalized spacial score (nSPS) is 24.7. The molecule has 0 radical (unpaired) electrons. The van der Waals surface area contributed by atoms with Gasteiger partial charge in [0.05, 0.1) is 12.0 Å². The van der Waals surface area contributed by atoms with Crippen molar-refractivity contribution in [2.75, 3.05) is 6.61 Å². The van der Waals surface area contributed by atoms with E-state index in [1.165, 1.54) is 38.5 Å². The molecule has 0 bridgehead atoms. The van der Waals surface area contributed by atoms with Crippen LogP contribution >= 0.6 is 0 Å². The van der Waals surface area contributed by atoms with Crippen LogP contribution in [-0.4, -0.2) is 24.8 Å². The Bertz CT molecular complexity index is 295. The second kappa shape index (κ2) is 11.0. The molecule has 1 aliphatic carbocycles. The lowest BCUT2D eigenvalue weighted by atomic mass is 9.80. The molecule has 3 nitrogen and oxygen atoms in total. The van der Waals surface area contributed by atoms with E-state index in [2.05, 4.69) is 13.8 Å². The average molecular weight is 312 g/mol. The summed E-state index contributed by atoms with van der Waals surface area (Å²) in [4.78, 5) is 12.3. The first-order chi connectivity index (χ1) is 10.6. The molecule has 0 aliphatic heterocycles. The molecule has 1 saturated carbocycles. The molecule has 0 aromatic carbocycles. The summed E-state index contributed by atoms with van der Waals surface area (Å²) in [5.74, 6) is 0.939. The first-order valence-electron chi connectivity index (χ1n) is 9.40. The third-order valence-electron chi connectivity index (χ3n) is 4.94. The zero-order valence-corrected chi connectivity index (χ0v) is 15.1. The second-order valence-corrected chi connectivity index (χ2v) is 6.93. The van der Waals surface area contributed by atoms with E-state index in [0.29, 0.717) is 0 Å². The number of unbranched alkanes of at least 4 members (excludes halogenated alkanes) is 2. The van der Waals surface area contributed by atoms with Gasteiger partial charge in [-0.2, -0.15) is 0 Å². The largest absolute Gasteiger partial charge is 0.460 e. The maximum absolute atomic E-state index is 12.3. The Kier molecular flexibility index (Phi) is 9.77. The summed E-state index contributed by atoms with van der Waals surface area (Å²) < 4.78 is 11.3. The molecule has 0 aromatic heterocycles. The van der Waals surface area contributed by atoms with Crippen molar-refractivity contribution in [3.05, 3.63) is 0 Å². The van der Waals surface area contributed by atoms with Crippen LogP contribution < -0.4 is 0 Å². The van der Waals surface area contributed by atoms with E-state index in [1.54, 1.807) is 0 Å². The maximum Gasteiger partial charge on any atom is 0.309 e. The van der Waals surface area contributed by atoms with Gasteiger partial charge < -0.3 is 9.47 Å². The van der Waals surface area contributed by atoms with Gasteiger partial charge in [0.15, 0.2) is 0 Å². The quantitative estimate of drug-likeness (QED) is 0.415. The first-order valence-corrected chi connectivity index (χ1v) is 9.40. The highest BCUT2D eigenvalue weighted by Gasteiger charge is 2.29. The van der Waals surface area contributed by atoms with Crippen molar-refractivity contribution in [2.24, 2.45) is 11.8 Å². The van der Waals surface area contributed by atoms with Crippen molar-refractivity contribution >= 4 is 5.97 Å². The number of hydrogen-bond acceptors (Lipinski definition) is 3. The summed E-state index contributed by atoms with van der Waals surface area (Å²) in [5.41, 5.74) is 0. The Morgan fingerprint density at radius 1 is 1.00 bits per heavy atom. The highest BCUT2D eigenvalue weighted by Crippen LogP contribution is 2.33. The standard InChI is InChI=1S/C19H36O3/c1-5-7-8-9-17-10-12-18(13-11-17)19(20)22-16(4)15(3)21-14-6-2/h15-18H,5-14H2,1-4H3. The van der Waals surface area contributed by atoms with Crippen molar-refractivity contribution in [3.8, 4) is 0 Å². The number of carbonyl (C=O) groups excluding carboxylic acids is 1. The van der Waals surface area contributed by atoms with Gasteiger partial charge in [0.2, 0.25) is 0 Å². The highest BCUT2D eigenvalue weighted by molar-refractivity contribution is 5.72. The zero-order valence-electron chi connectivity index (χ0n) is 15.1. The molecule has 1 aliphatic rings.